The third-order valence-electron chi connectivity index (χ3n) is 3.62. The summed E-state index contributed by atoms with van der Waals surface area (Å²) < 4.78 is 11.1. The summed E-state index contributed by atoms with van der Waals surface area (Å²) in [6.45, 7) is 6.36. The topological polar surface area (TPSA) is 55.8 Å². The molecule has 122 valence electrons. The molecule has 1 aliphatic carbocycles. The van der Waals surface area contributed by atoms with Crippen LogP contribution in [-0.2, 0) is 14.3 Å². The van der Waals surface area contributed by atoms with Crippen molar-refractivity contribution in [3.63, 3.8) is 0 Å². The first-order valence-electron chi connectivity index (χ1n) is 7.84. The summed E-state index contributed by atoms with van der Waals surface area (Å²) in [4.78, 5) is 23.7. The van der Waals surface area contributed by atoms with Gasteiger partial charge < -0.3 is 19.2 Å². The van der Waals surface area contributed by atoms with E-state index in [2.05, 4.69) is 0 Å². The third-order valence-corrected chi connectivity index (χ3v) is 3.62. The summed E-state index contributed by atoms with van der Waals surface area (Å²) in [5.41, 5.74) is -0.452. The first kappa shape index (κ1) is 18.0. The van der Waals surface area contributed by atoms with Gasteiger partial charge in [0, 0.05) is 26.1 Å². The molecule has 0 aliphatic heterocycles. The Hall–Kier alpha value is -1.10. The zero-order valence-corrected chi connectivity index (χ0v) is 13.8. The van der Waals surface area contributed by atoms with Gasteiger partial charge in [0.1, 0.15) is 11.9 Å². The molecule has 1 fully saturated rings. The van der Waals surface area contributed by atoms with Crippen molar-refractivity contribution >= 4 is 12.4 Å². The summed E-state index contributed by atoms with van der Waals surface area (Å²) in [5, 5.41) is 0. The van der Waals surface area contributed by atoms with E-state index >= 15 is 0 Å². The Kier molecular flexibility index (Phi) is 7.15. The Morgan fingerprint density at radius 1 is 1.24 bits per heavy atom. The second kappa shape index (κ2) is 8.37. The molecular weight excluding hydrogens is 270 g/mol. The minimum Gasteiger partial charge on any atom is -0.444 e. The van der Waals surface area contributed by atoms with Crippen molar-refractivity contribution in [1.82, 2.24) is 4.90 Å². The highest BCUT2D eigenvalue weighted by atomic mass is 16.6. The van der Waals surface area contributed by atoms with Gasteiger partial charge >= 0.3 is 6.09 Å². The van der Waals surface area contributed by atoms with E-state index in [1.807, 2.05) is 20.8 Å². The molecule has 1 saturated carbocycles. The van der Waals surface area contributed by atoms with Crippen molar-refractivity contribution in [1.29, 1.82) is 0 Å². The summed E-state index contributed by atoms with van der Waals surface area (Å²) in [6.07, 6.45) is 6.33. The highest BCUT2D eigenvalue weighted by Gasteiger charge is 2.36. The van der Waals surface area contributed by atoms with Gasteiger partial charge in [0.2, 0.25) is 0 Å². The van der Waals surface area contributed by atoms with Crippen LogP contribution < -0.4 is 0 Å². The molecule has 5 nitrogen and oxygen atoms in total. The quantitative estimate of drug-likeness (QED) is 0.510. The normalized spacial score (nSPS) is 21.5. The highest BCUT2D eigenvalue weighted by molar-refractivity contribution is 5.68. The van der Waals surface area contributed by atoms with Crippen molar-refractivity contribution in [3.05, 3.63) is 0 Å². The molecule has 0 aromatic heterocycles. The van der Waals surface area contributed by atoms with E-state index in [9.17, 15) is 9.59 Å². The molecule has 0 heterocycles. The fraction of sp³-hybridized carbons (Fsp3) is 0.875. The first-order valence-corrected chi connectivity index (χ1v) is 7.84. The lowest BCUT2D eigenvalue weighted by Gasteiger charge is -2.41. The predicted molar refractivity (Wildman–Crippen MR) is 81.3 cm³/mol. The molecule has 1 aliphatic rings. The average molecular weight is 299 g/mol. The van der Waals surface area contributed by atoms with Crippen LogP contribution in [0.3, 0.4) is 0 Å². The molecule has 0 spiro atoms. The van der Waals surface area contributed by atoms with Crippen LogP contribution in [0.15, 0.2) is 0 Å². The lowest BCUT2D eigenvalue weighted by atomic mass is 9.88. The number of amides is 1. The molecule has 1 amide bonds. The van der Waals surface area contributed by atoms with E-state index in [-0.39, 0.29) is 18.2 Å². The molecular formula is C16H29NO4. The summed E-state index contributed by atoms with van der Waals surface area (Å²) in [6, 6.07) is 0.222. The lowest BCUT2D eigenvalue weighted by molar-refractivity contribution is -0.108. The van der Waals surface area contributed by atoms with Gasteiger partial charge in [-0.2, -0.15) is 0 Å². The van der Waals surface area contributed by atoms with Crippen LogP contribution >= 0.6 is 0 Å². The number of hydrogen-bond acceptors (Lipinski definition) is 4. The number of carbonyl (C=O) groups excluding carboxylic acids is 2. The van der Waals surface area contributed by atoms with Crippen molar-refractivity contribution in [2.24, 2.45) is 0 Å². The van der Waals surface area contributed by atoms with Gasteiger partial charge in [0.15, 0.2) is 0 Å². The SMILES string of the molecule is CN(C(=O)OC(C)(C)C)C1CC(OCCCCCC=O)C1. The Labute approximate surface area is 128 Å². The van der Waals surface area contributed by atoms with Crippen LogP contribution in [0, 0.1) is 0 Å². The first-order chi connectivity index (χ1) is 9.83. The zero-order valence-electron chi connectivity index (χ0n) is 13.8. The van der Waals surface area contributed by atoms with Gasteiger partial charge in [-0.05, 0) is 46.5 Å². The molecule has 0 saturated heterocycles. The number of carbonyl (C=O) groups is 2. The van der Waals surface area contributed by atoms with Crippen LogP contribution in [0.2, 0.25) is 0 Å². The number of nitrogens with zero attached hydrogens (tertiary/aromatic N) is 1. The van der Waals surface area contributed by atoms with Crippen molar-refractivity contribution in [3.8, 4) is 0 Å². The molecule has 5 heteroatoms. The van der Waals surface area contributed by atoms with E-state index in [4.69, 9.17) is 9.47 Å². The van der Waals surface area contributed by atoms with Crippen LogP contribution in [0.25, 0.3) is 0 Å². The van der Waals surface area contributed by atoms with Crippen LogP contribution in [-0.4, -0.2) is 48.7 Å². The Morgan fingerprint density at radius 2 is 1.90 bits per heavy atom. The van der Waals surface area contributed by atoms with Gasteiger partial charge in [-0.25, -0.2) is 4.79 Å². The Balaban J connectivity index is 2.09. The molecule has 0 unspecified atom stereocenters. The number of rotatable bonds is 8. The van der Waals surface area contributed by atoms with Crippen LogP contribution in [0.1, 0.15) is 59.3 Å². The fourth-order valence-corrected chi connectivity index (χ4v) is 2.23. The highest BCUT2D eigenvalue weighted by Crippen LogP contribution is 2.28. The largest absolute Gasteiger partial charge is 0.444 e. The number of ether oxygens (including phenoxy) is 2. The predicted octanol–water partition coefficient (Wildman–Crippen LogP) is 3.16. The van der Waals surface area contributed by atoms with Crippen molar-refractivity contribution in [2.75, 3.05) is 13.7 Å². The van der Waals surface area contributed by atoms with E-state index in [1.54, 1.807) is 11.9 Å². The Morgan fingerprint density at radius 3 is 2.48 bits per heavy atom. The summed E-state index contributed by atoms with van der Waals surface area (Å²) in [5.74, 6) is 0. The van der Waals surface area contributed by atoms with Gasteiger partial charge in [-0.3, -0.25) is 0 Å². The maximum Gasteiger partial charge on any atom is 0.410 e. The molecule has 0 N–H and O–H groups in total. The van der Waals surface area contributed by atoms with Gasteiger partial charge in [0.25, 0.3) is 0 Å². The van der Waals surface area contributed by atoms with E-state index in [0.717, 1.165) is 45.0 Å². The van der Waals surface area contributed by atoms with Crippen molar-refractivity contribution in [2.45, 2.75) is 77.0 Å². The van der Waals surface area contributed by atoms with E-state index in [0.29, 0.717) is 6.42 Å². The molecule has 21 heavy (non-hydrogen) atoms. The lowest BCUT2D eigenvalue weighted by Crippen LogP contribution is -2.50. The number of hydrogen-bond donors (Lipinski definition) is 0. The van der Waals surface area contributed by atoms with Gasteiger partial charge in [-0.15, -0.1) is 0 Å². The maximum absolute atomic E-state index is 11.9. The van der Waals surface area contributed by atoms with Gasteiger partial charge in [-0.1, -0.05) is 6.42 Å². The summed E-state index contributed by atoms with van der Waals surface area (Å²) in [7, 11) is 1.79. The smallest absolute Gasteiger partial charge is 0.410 e. The number of unbranched alkanes of at least 4 members (excludes halogenated alkanes) is 3. The maximum atomic E-state index is 11.9. The molecule has 1 rings (SSSR count). The van der Waals surface area contributed by atoms with Gasteiger partial charge in [0.05, 0.1) is 6.10 Å². The molecule has 0 bridgehead atoms. The minimum atomic E-state index is -0.452. The molecule has 0 atom stereocenters. The number of aldehydes is 1. The van der Waals surface area contributed by atoms with E-state index < -0.39 is 5.60 Å². The summed E-state index contributed by atoms with van der Waals surface area (Å²) >= 11 is 0. The molecule has 0 aromatic rings. The van der Waals surface area contributed by atoms with Crippen LogP contribution in [0.4, 0.5) is 4.79 Å². The van der Waals surface area contributed by atoms with Crippen molar-refractivity contribution < 1.29 is 19.1 Å². The molecule has 0 radical (unpaired) electrons. The fourth-order valence-electron chi connectivity index (χ4n) is 2.23. The third kappa shape index (κ3) is 6.93. The second-order valence-electron chi connectivity index (χ2n) is 6.73. The Bertz CT molecular complexity index is 332. The van der Waals surface area contributed by atoms with E-state index in [1.165, 1.54) is 0 Å². The minimum absolute atomic E-state index is 0.222. The zero-order chi connectivity index (χ0) is 15.9. The second-order valence-corrected chi connectivity index (χ2v) is 6.73. The standard InChI is InChI=1S/C16H29NO4/c1-16(2,3)21-15(19)17(4)13-11-14(12-13)20-10-8-6-5-7-9-18/h9,13-14H,5-8,10-12H2,1-4H3. The average Bonchev–Trinajstić information content (AvgIpc) is 2.32. The van der Waals surface area contributed by atoms with Crippen LogP contribution in [0.5, 0.6) is 0 Å². The molecule has 0 aromatic carbocycles. The monoisotopic (exact) mass is 299 g/mol.